The molecule has 0 saturated heterocycles. The minimum Gasteiger partial charge on any atom is -1.00 e. The van der Waals surface area contributed by atoms with Gasteiger partial charge >= 0.3 is 0 Å². The van der Waals surface area contributed by atoms with Gasteiger partial charge in [0.2, 0.25) is 12.5 Å². The molecule has 0 spiro atoms. The number of pyridine rings is 1. The second-order valence-corrected chi connectivity index (χ2v) is 8.47. The first-order chi connectivity index (χ1) is 16.7. The number of fused-ring (bicyclic) bond motifs is 5. The van der Waals surface area contributed by atoms with Gasteiger partial charge < -0.3 is 35.9 Å². The van der Waals surface area contributed by atoms with Gasteiger partial charge in [0.1, 0.15) is 0 Å². The highest BCUT2D eigenvalue weighted by atomic mass is 79.9. The van der Waals surface area contributed by atoms with Crippen LogP contribution in [-0.4, -0.2) is 21.0 Å². The fourth-order valence-corrected chi connectivity index (χ4v) is 5.16. The van der Waals surface area contributed by atoms with Crippen molar-refractivity contribution in [1.29, 1.82) is 5.26 Å². The highest BCUT2D eigenvalue weighted by Gasteiger charge is 2.32. The summed E-state index contributed by atoms with van der Waals surface area (Å²) in [4.78, 5) is 0. The van der Waals surface area contributed by atoms with Gasteiger partial charge in [-0.2, -0.15) is 9.83 Å². The lowest BCUT2D eigenvalue weighted by Crippen LogP contribution is -3.00. The number of rotatable bonds is 4. The summed E-state index contributed by atoms with van der Waals surface area (Å²) in [6.45, 7) is 1.07. The van der Waals surface area contributed by atoms with Gasteiger partial charge in [-0.05, 0) is 41.5 Å². The topological polar surface area (TPSA) is 64.6 Å². The Morgan fingerprint density at radius 2 is 1.80 bits per heavy atom. The normalized spacial score (nSPS) is 12.8. The lowest BCUT2D eigenvalue weighted by atomic mass is 9.88. The maximum atomic E-state index is 9.74. The van der Waals surface area contributed by atoms with Crippen LogP contribution in [0.1, 0.15) is 22.3 Å². The van der Waals surface area contributed by atoms with E-state index >= 15 is 0 Å². The summed E-state index contributed by atoms with van der Waals surface area (Å²) in [6, 6.07) is 18.4. The summed E-state index contributed by atoms with van der Waals surface area (Å²) in [5.74, 6) is 2.97. The molecule has 3 aromatic carbocycles. The average Bonchev–Trinajstić information content (AvgIpc) is 3.34. The van der Waals surface area contributed by atoms with Crippen molar-refractivity contribution in [2.24, 2.45) is 0 Å². The summed E-state index contributed by atoms with van der Waals surface area (Å²) in [7, 11) is 3.32. The van der Waals surface area contributed by atoms with Gasteiger partial charge in [0.15, 0.2) is 35.7 Å². The molecule has 0 aliphatic carbocycles. The highest BCUT2D eigenvalue weighted by Crippen LogP contribution is 2.44. The van der Waals surface area contributed by atoms with Crippen LogP contribution in [0.5, 0.6) is 23.0 Å². The van der Waals surface area contributed by atoms with E-state index in [0.717, 1.165) is 57.6 Å². The number of nitriles is 1. The van der Waals surface area contributed by atoms with Crippen molar-refractivity contribution in [3.8, 4) is 40.3 Å². The minimum atomic E-state index is 0. The molecule has 0 saturated carbocycles. The minimum absolute atomic E-state index is 0. The molecule has 0 atom stereocenters. The van der Waals surface area contributed by atoms with Crippen LogP contribution in [0, 0.1) is 11.3 Å². The molecule has 7 heteroatoms. The van der Waals surface area contributed by atoms with E-state index in [1.165, 1.54) is 5.56 Å². The fourth-order valence-electron chi connectivity index (χ4n) is 5.16. The van der Waals surface area contributed by atoms with E-state index in [1.54, 1.807) is 14.2 Å². The van der Waals surface area contributed by atoms with Gasteiger partial charge in [-0.25, -0.2) is 0 Å². The fraction of sp³-hybridized carbons (Fsp3) is 0.214. The Labute approximate surface area is 214 Å². The molecule has 0 unspecified atom stereocenters. The summed E-state index contributed by atoms with van der Waals surface area (Å²) in [5.41, 5.74) is 6.31. The first kappa shape index (κ1) is 23.0. The van der Waals surface area contributed by atoms with Crippen molar-refractivity contribution in [2.75, 3.05) is 21.0 Å². The molecule has 176 valence electrons. The maximum Gasteiger partial charge on any atom is 0.231 e. The zero-order chi connectivity index (χ0) is 23.2. The van der Waals surface area contributed by atoms with Gasteiger partial charge in [0.25, 0.3) is 0 Å². The number of benzene rings is 3. The van der Waals surface area contributed by atoms with E-state index in [1.807, 2.05) is 30.3 Å². The Hall–Kier alpha value is -3.76. The Kier molecular flexibility index (Phi) is 6.00. The van der Waals surface area contributed by atoms with E-state index in [4.69, 9.17) is 18.9 Å². The van der Waals surface area contributed by atoms with E-state index in [2.05, 4.69) is 35.0 Å². The molecule has 0 N–H and O–H groups in total. The highest BCUT2D eigenvalue weighted by molar-refractivity contribution is 5.95. The molecular formula is C28H23BrN2O4. The predicted molar refractivity (Wildman–Crippen MR) is 126 cm³/mol. The monoisotopic (exact) mass is 530 g/mol. The van der Waals surface area contributed by atoms with Gasteiger partial charge in [0.05, 0.1) is 36.8 Å². The van der Waals surface area contributed by atoms with Crippen LogP contribution in [0.15, 0.2) is 54.7 Å². The largest absolute Gasteiger partial charge is 1.00 e. The van der Waals surface area contributed by atoms with E-state index in [-0.39, 0.29) is 23.8 Å². The summed E-state index contributed by atoms with van der Waals surface area (Å²) in [5, 5.41) is 11.8. The van der Waals surface area contributed by atoms with Crippen molar-refractivity contribution in [2.45, 2.75) is 19.4 Å². The molecule has 0 amide bonds. The van der Waals surface area contributed by atoms with Gasteiger partial charge in [-0.15, -0.1) is 0 Å². The molecule has 6 rings (SSSR count). The molecule has 6 nitrogen and oxygen atoms in total. The van der Waals surface area contributed by atoms with Crippen LogP contribution in [0.4, 0.5) is 0 Å². The maximum absolute atomic E-state index is 9.74. The van der Waals surface area contributed by atoms with Crippen molar-refractivity contribution < 1.29 is 40.5 Å². The van der Waals surface area contributed by atoms with Gasteiger partial charge in [-0.1, -0.05) is 18.2 Å². The van der Waals surface area contributed by atoms with Crippen molar-refractivity contribution in [3.05, 3.63) is 77.0 Å². The van der Waals surface area contributed by atoms with Crippen LogP contribution < -0.4 is 40.5 Å². The van der Waals surface area contributed by atoms with E-state index in [9.17, 15) is 5.26 Å². The third-order valence-electron chi connectivity index (χ3n) is 6.75. The number of methoxy groups -OCH3 is 2. The zero-order valence-corrected chi connectivity index (χ0v) is 21.0. The number of halogens is 1. The third-order valence-corrected chi connectivity index (χ3v) is 6.75. The summed E-state index contributed by atoms with van der Waals surface area (Å²) < 4.78 is 25.0. The third kappa shape index (κ3) is 3.65. The van der Waals surface area contributed by atoms with Crippen molar-refractivity contribution >= 4 is 10.8 Å². The number of ether oxygens (including phenoxy) is 4. The summed E-state index contributed by atoms with van der Waals surface area (Å²) >= 11 is 0. The van der Waals surface area contributed by atoms with Crippen LogP contribution in [0.25, 0.3) is 22.0 Å². The molecule has 2 aliphatic heterocycles. The smallest absolute Gasteiger partial charge is 0.231 e. The Morgan fingerprint density at radius 1 is 1.00 bits per heavy atom. The summed E-state index contributed by atoms with van der Waals surface area (Å²) in [6.07, 6.45) is 3.65. The van der Waals surface area contributed by atoms with Gasteiger partial charge in [0, 0.05) is 23.8 Å². The SMILES string of the molecule is COc1ccc2c(Cc3ccccc3C#N)c3[n+](cc2c1OC)CCc1cc2c(cc1-3)OCO2.[Br-]. The molecule has 0 fully saturated rings. The molecule has 3 heterocycles. The lowest BCUT2D eigenvalue weighted by Gasteiger charge is -2.21. The van der Waals surface area contributed by atoms with Crippen LogP contribution in [0.2, 0.25) is 0 Å². The van der Waals surface area contributed by atoms with Crippen LogP contribution in [0.3, 0.4) is 0 Å². The number of aromatic nitrogens is 1. The van der Waals surface area contributed by atoms with Crippen LogP contribution >= 0.6 is 0 Å². The first-order valence-corrected chi connectivity index (χ1v) is 11.2. The Bertz CT molecular complexity index is 1510. The van der Waals surface area contributed by atoms with Crippen molar-refractivity contribution in [1.82, 2.24) is 0 Å². The molecule has 35 heavy (non-hydrogen) atoms. The number of hydrogen-bond donors (Lipinski definition) is 0. The second kappa shape index (κ2) is 9.12. The Morgan fingerprint density at radius 3 is 2.57 bits per heavy atom. The molecule has 0 bridgehead atoms. The predicted octanol–water partition coefficient (Wildman–Crippen LogP) is 1.56. The standard InChI is InChI=1S/C28H23N2O4.BrH/c1-31-24-8-7-20-22(11-17-5-3-4-6-19(17)14-29)27-21-13-26-25(33-16-34-26)12-18(21)9-10-30(27)15-23(20)28(24)32-2;/h3-8,12-13,15H,9-11,16H2,1-2H3;1H/q+1;/p-1. The first-order valence-electron chi connectivity index (χ1n) is 11.2. The Balaban J connectivity index is 0.00000253. The zero-order valence-electron chi connectivity index (χ0n) is 19.4. The number of hydrogen-bond acceptors (Lipinski definition) is 5. The quantitative estimate of drug-likeness (QED) is 0.375. The second-order valence-electron chi connectivity index (χ2n) is 8.47. The number of aryl methyl sites for hydroxylation is 2. The number of nitrogens with zero attached hydrogens (tertiary/aromatic N) is 2. The van der Waals surface area contributed by atoms with Gasteiger partial charge in [-0.3, -0.25) is 0 Å². The molecule has 4 aromatic rings. The van der Waals surface area contributed by atoms with E-state index in [0.29, 0.717) is 23.5 Å². The average molecular weight is 531 g/mol. The van der Waals surface area contributed by atoms with E-state index < -0.39 is 0 Å². The molecular weight excluding hydrogens is 508 g/mol. The molecule has 1 aromatic heterocycles. The molecule has 0 radical (unpaired) electrons. The molecule has 2 aliphatic rings. The van der Waals surface area contributed by atoms with Crippen molar-refractivity contribution in [3.63, 3.8) is 0 Å². The lowest BCUT2D eigenvalue weighted by molar-refractivity contribution is -0.686. The van der Waals surface area contributed by atoms with Crippen LogP contribution in [-0.2, 0) is 19.4 Å².